The number of carbonyl (C=O) groups excluding carboxylic acids is 1. The van der Waals surface area contributed by atoms with E-state index in [1.54, 1.807) is 26.8 Å². The van der Waals surface area contributed by atoms with Gasteiger partial charge >= 0.3 is 6.09 Å². The molecule has 1 aromatic heterocycles. The molecule has 5 heteroatoms. The number of nitrogens with one attached hydrogen (secondary N) is 1. The minimum absolute atomic E-state index is 0.301. The first-order valence-electron chi connectivity index (χ1n) is 4.77. The lowest BCUT2D eigenvalue weighted by Gasteiger charge is -2.19. The van der Waals surface area contributed by atoms with E-state index in [4.69, 9.17) is 10.00 Å². The Labute approximate surface area is 94.1 Å². The average Bonchev–Trinajstić information content (AvgIpc) is 2.16. The smallest absolute Gasteiger partial charge is 0.412 e. The summed E-state index contributed by atoms with van der Waals surface area (Å²) in [7, 11) is 0. The predicted molar refractivity (Wildman–Crippen MR) is 58.8 cm³/mol. The fourth-order valence-corrected chi connectivity index (χ4v) is 0.955. The van der Waals surface area contributed by atoms with Crippen molar-refractivity contribution in [2.24, 2.45) is 0 Å². The Bertz CT molecular complexity index is 412. The number of ether oxygens (including phenoxy) is 1. The fourth-order valence-electron chi connectivity index (χ4n) is 0.955. The third kappa shape index (κ3) is 3.96. The van der Waals surface area contributed by atoms with Gasteiger partial charge < -0.3 is 4.74 Å². The maximum absolute atomic E-state index is 11.4. The highest BCUT2D eigenvalue weighted by atomic mass is 16.6. The molecule has 0 saturated heterocycles. The summed E-state index contributed by atoms with van der Waals surface area (Å²) in [6, 6.07) is 5.00. The van der Waals surface area contributed by atoms with Crippen molar-refractivity contribution in [1.29, 1.82) is 5.26 Å². The van der Waals surface area contributed by atoms with E-state index in [0.29, 0.717) is 11.4 Å². The van der Waals surface area contributed by atoms with Gasteiger partial charge in [-0.15, -0.1) is 0 Å². The number of nitrogens with zero attached hydrogens (tertiary/aromatic N) is 2. The molecule has 0 aliphatic rings. The SMILES string of the molecule is CC(C)(C)OC(=O)Nc1ccc(C#N)nc1. The normalized spacial score (nSPS) is 10.4. The highest BCUT2D eigenvalue weighted by molar-refractivity contribution is 5.84. The molecule has 0 saturated carbocycles. The van der Waals surface area contributed by atoms with Gasteiger partial charge in [0.15, 0.2) is 0 Å². The standard InChI is InChI=1S/C11H13N3O2/c1-11(2,3)16-10(15)14-9-5-4-8(6-12)13-7-9/h4-5,7H,1-3H3,(H,14,15). The van der Waals surface area contributed by atoms with Gasteiger partial charge in [0.25, 0.3) is 0 Å². The third-order valence-electron chi connectivity index (χ3n) is 1.52. The summed E-state index contributed by atoms with van der Waals surface area (Å²) in [5.74, 6) is 0. The molecule has 0 fully saturated rings. The number of anilines is 1. The molecule has 0 atom stereocenters. The fraction of sp³-hybridized carbons (Fsp3) is 0.364. The van der Waals surface area contributed by atoms with Crippen LogP contribution in [0.15, 0.2) is 18.3 Å². The lowest BCUT2D eigenvalue weighted by Crippen LogP contribution is -2.27. The molecule has 0 unspecified atom stereocenters. The van der Waals surface area contributed by atoms with Gasteiger partial charge in [0, 0.05) is 0 Å². The van der Waals surface area contributed by atoms with Crippen LogP contribution in [0.3, 0.4) is 0 Å². The van der Waals surface area contributed by atoms with E-state index in [1.807, 2.05) is 6.07 Å². The van der Waals surface area contributed by atoms with E-state index >= 15 is 0 Å². The molecule has 0 bridgehead atoms. The van der Waals surface area contributed by atoms with E-state index in [2.05, 4.69) is 10.3 Å². The molecule has 0 spiro atoms. The van der Waals surface area contributed by atoms with Gasteiger partial charge in [-0.25, -0.2) is 9.78 Å². The van der Waals surface area contributed by atoms with Crippen molar-refractivity contribution in [2.75, 3.05) is 5.32 Å². The quantitative estimate of drug-likeness (QED) is 0.786. The van der Waals surface area contributed by atoms with Crippen molar-refractivity contribution in [1.82, 2.24) is 4.98 Å². The van der Waals surface area contributed by atoms with Crippen molar-refractivity contribution < 1.29 is 9.53 Å². The van der Waals surface area contributed by atoms with Gasteiger partial charge in [0.1, 0.15) is 17.4 Å². The Morgan fingerprint density at radius 1 is 1.50 bits per heavy atom. The minimum Gasteiger partial charge on any atom is -0.444 e. The Hall–Kier alpha value is -2.09. The summed E-state index contributed by atoms with van der Waals surface area (Å²) in [6.45, 7) is 5.34. The van der Waals surface area contributed by atoms with Crippen LogP contribution >= 0.6 is 0 Å². The predicted octanol–water partition coefficient (Wildman–Crippen LogP) is 2.30. The molecule has 0 aliphatic carbocycles. The molecule has 1 N–H and O–H groups in total. The van der Waals surface area contributed by atoms with E-state index in [-0.39, 0.29) is 0 Å². The van der Waals surface area contributed by atoms with Crippen LogP contribution in [0.25, 0.3) is 0 Å². The lowest BCUT2D eigenvalue weighted by atomic mass is 10.2. The first-order valence-corrected chi connectivity index (χ1v) is 4.77. The Morgan fingerprint density at radius 3 is 2.62 bits per heavy atom. The van der Waals surface area contributed by atoms with Crippen LogP contribution in [0.2, 0.25) is 0 Å². The summed E-state index contributed by atoms with van der Waals surface area (Å²) in [4.78, 5) is 15.2. The van der Waals surface area contributed by atoms with E-state index in [0.717, 1.165) is 0 Å². The topological polar surface area (TPSA) is 75.0 Å². The van der Waals surface area contributed by atoms with Crippen LogP contribution in [0.5, 0.6) is 0 Å². The maximum atomic E-state index is 11.4. The summed E-state index contributed by atoms with van der Waals surface area (Å²) >= 11 is 0. The van der Waals surface area contributed by atoms with Crippen LogP contribution in [0, 0.1) is 11.3 Å². The number of hydrogen-bond donors (Lipinski definition) is 1. The molecule has 0 aromatic carbocycles. The Kier molecular flexibility index (Phi) is 3.46. The number of aromatic nitrogens is 1. The van der Waals surface area contributed by atoms with Crippen molar-refractivity contribution in [2.45, 2.75) is 26.4 Å². The molecule has 5 nitrogen and oxygen atoms in total. The first kappa shape index (κ1) is 12.0. The molecular formula is C11H13N3O2. The largest absolute Gasteiger partial charge is 0.444 e. The molecule has 1 amide bonds. The number of nitriles is 1. The Balaban J connectivity index is 2.61. The average molecular weight is 219 g/mol. The van der Waals surface area contributed by atoms with Gasteiger partial charge in [0.2, 0.25) is 0 Å². The molecule has 16 heavy (non-hydrogen) atoms. The van der Waals surface area contributed by atoms with Crippen LogP contribution < -0.4 is 5.32 Å². The van der Waals surface area contributed by atoms with Crippen molar-refractivity contribution >= 4 is 11.8 Å². The number of amides is 1. The highest BCUT2D eigenvalue weighted by Crippen LogP contribution is 2.10. The number of hydrogen-bond acceptors (Lipinski definition) is 4. The van der Waals surface area contributed by atoms with Crippen molar-refractivity contribution in [3.63, 3.8) is 0 Å². The van der Waals surface area contributed by atoms with Gasteiger partial charge in [-0.05, 0) is 32.9 Å². The van der Waals surface area contributed by atoms with Gasteiger partial charge in [-0.3, -0.25) is 5.32 Å². The van der Waals surface area contributed by atoms with Crippen LogP contribution in [-0.2, 0) is 4.74 Å². The molecule has 84 valence electrons. The molecular weight excluding hydrogens is 206 g/mol. The van der Waals surface area contributed by atoms with Gasteiger partial charge in [0.05, 0.1) is 11.9 Å². The van der Waals surface area contributed by atoms with Crippen LogP contribution in [-0.4, -0.2) is 16.7 Å². The molecule has 1 heterocycles. The summed E-state index contributed by atoms with van der Waals surface area (Å²) in [5.41, 5.74) is 0.257. The zero-order valence-electron chi connectivity index (χ0n) is 9.44. The Morgan fingerprint density at radius 2 is 2.19 bits per heavy atom. The van der Waals surface area contributed by atoms with Gasteiger partial charge in [-0.2, -0.15) is 5.26 Å². The third-order valence-corrected chi connectivity index (χ3v) is 1.52. The van der Waals surface area contributed by atoms with Gasteiger partial charge in [-0.1, -0.05) is 0 Å². The zero-order valence-corrected chi connectivity index (χ0v) is 9.44. The lowest BCUT2D eigenvalue weighted by molar-refractivity contribution is 0.0636. The second kappa shape index (κ2) is 4.62. The van der Waals surface area contributed by atoms with Crippen LogP contribution in [0.4, 0.5) is 10.5 Å². The summed E-state index contributed by atoms with van der Waals surface area (Å²) in [5, 5.41) is 11.1. The second-order valence-electron chi connectivity index (χ2n) is 4.17. The molecule has 0 radical (unpaired) electrons. The highest BCUT2D eigenvalue weighted by Gasteiger charge is 2.16. The van der Waals surface area contributed by atoms with Crippen molar-refractivity contribution in [3.8, 4) is 6.07 Å². The maximum Gasteiger partial charge on any atom is 0.412 e. The zero-order chi connectivity index (χ0) is 12.2. The van der Waals surface area contributed by atoms with E-state index in [1.165, 1.54) is 12.3 Å². The van der Waals surface area contributed by atoms with E-state index < -0.39 is 11.7 Å². The minimum atomic E-state index is -0.543. The van der Waals surface area contributed by atoms with E-state index in [9.17, 15) is 4.79 Å². The van der Waals surface area contributed by atoms with Crippen molar-refractivity contribution in [3.05, 3.63) is 24.0 Å². The number of rotatable bonds is 1. The number of carbonyl (C=O) groups is 1. The molecule has 1 aromatic rings. The molecule has 1 rings (SSSR count). The second-order valence-corrected chi connectivity index (χ2v) is 4.17. The van der Waals surface area contributed by atoms with Crippen LogP contribution in [0.1, 0.15) is 26.5 Å². The first-order chi connectivity index (χ1) is 7.40. The summed E-state index contributed by atoms with van der Waals surface area (Å²) in [6.07, 6.45) is 0.863. The summed E-state index contributed by atoms with van der Waals surface area (Å²) < 4.78 is 5.06. The molecule has 0 aliphatic heterocycles. The number of pyridine rings is 1. The monoisotopic (exact) mass is 219 g/mol.